The summed E-state index contributed by atoms with van der Waals surface area (Å²) in [5.74, 6) is 0.982. The lowest BCUT2D eigenvalue weighted by Gasteiger charge is -2.38. The number of ether oxygens (including phenoxy) is 2. The van der Waals surface area contributed by atoms with E-state index in [0.717, 1.165) is 19.3 Å². The molecule has 19 heavy (non-hydrogen) atoms. The summed E-state index contributed by atoms with van der Waals surface area (Å²) in [6.07, 6.45) is 3.07. The lowest BCUT2D eigenvalue weighted by molar-refractivity contribution is 0.0926. The predicted molar refractivity (Wildman–Crippen MR) is 72.6 cm³/mol. The molecular weight excluding hydrogens is 244 g/mol. The number of benzene rings is 1. The number of methoxy groups -OCH3 is 2. The van der Waals surface area contributed by atoms with Crippen molar-refractivity contribution in [3.63, 3.8) is 0 Å². The minimum absolute atomic E-state index is 0.170. The highest BCUT2D eigenvalue weighted by Gasteiger charge is 2.32. The van der Waals surface area contributed by atoms with Crippen molar-refractivity contribution in [2.24, 2.45) is 5.73 Å². The molecule has 1 aliphatic carbocycles. The second kappa shape index (κ2) is 5.48. The molecule has 0 saturated heterocycles. The smallest absolute Gasteiger partial charge is 0.255 e. The van der Waals surface area contributed by atoms with E-state index in [1.807, 2.05) is 0 Å². The maximum absolute atomic E-state index is 12.1. The molecule has 0 radical (unpaired) electrons. The van der Waals surface area contributed by atoms with E-state index >= 15 is 0 Å². The molecule has 3 N–H and O–H groups in total. The Morgan fingerprint density at radius 3 is 2.63 bits per heavy atom. The number of nitrogens with two attached hydrogens (primary N) is 1. The van der Waals surface area contributed by atoms with E-state index in [4.69, 9.17) is 15.2 Å². The largest absolute Gasteiger partial charge is 0.497 e. The lowest BCUT2D eigenvalue weighted by Crippen LogP contribution is -2.54. The van der Waals surface area contributed by atoms with Crippen LogP contribution in [-0.4, -0.2) is 32.2 Å². The Morgan fingerprint density at radius 1 is 1.37 bits per heavy atom. The molecule has 0 atom stereocenters. The van der Waals surface area contributed by atoms with E-state index in [-0.39, 0.29) is 11.4 Å². The summed E-state index contributed by atoms with van der Waals surface area (Å²) in [5.41, 5.74) is 6.34. The maximum atomic E-state index is 12.1. The van der Waals surface area contributed by atoms with Gasteiger partial charge in [0.25, 0.3) is 5.91 Å². The molecule has 0 aromatic heterocycles. The monoisotopic (exact) mass is 264 g/mol. The van der Waals surface area contributed by atoms with Crippen LogP contribution in [0.4, 0.5) is 0 Å². The van der Waals surface area contributed by atoms with Crippen LogP contribution in [-0.2, 0) is 0 Å². The minimum Gasteiger partial charge on any atom is -0.497 e. The Labute approximate surface area is 113 Å². The number of rotatable bonds is 5. The third-order valence-electron chi connectivity index (χ3n) is 3.60. The SMILES string of the molecule is COc1ccc(C(=O)NCC2(N)CCC2)c(OC)c1. The van der Waals surface area contributed by atoms with Gasteiger partial charge in [-0.1, -0.05) is 0 Å². The molecule has 1 aliphatic rings. The number of hydrogen-bond donors (Lipinski definition) is 2. The number of nitrogens with one attached hydrogen (secondary N) is 1. The zero-order valence-corrected chi connectivity index (χ0v) is 11.4. The van der Waals surface area contributed by atoms with E-state index in [2.05, 4.69) is 5.32 Å². The van der Waals surface area contributed by atoms with Crippen LogP contribution in [0, 0.1) is 0 Å². The lowest BCUT2D eigenvalue weighted by atomic mass is 9.78. The van der Waals surface area contributed by atoms with Gasteiger partial charge in [-0.05, 0) is 31.4 Å². The molecule has 0 heterocycles. The fraction of sp³-hybridized carbons (Fsp3) is 0.500. The first-order valence-electron chi connectivity index (χ1n) is 6.37. The van der Waals surface area contributed by atoms with Crippen LogP contribution in [0.1, 0.15) is 29.6 Å². The summed E-state index contributed by atoms with van der Waals surface area (Å²) < 4.78 is 10.3. The van der Waals surface area contributed by atoms with E-state index < -0.39 is 0 Å². The van der Waals surface area contributed by atoms with Gasteiger partial charge in [0.05, 0.1) is 19.8 Å². The van der Waals surface area contributed by atoms with Gasteiger partial charge in [-0.2, -0.15) is 0 Å². The van der Waals surface area contributed by atoms with Gasteiger partial charge < -0.3 is 20.5 Å². The predicted octanol–water partition coefficient (Wildman–Crippen LogP) is 1.31. The standard InChI is InChI=1S/C14H20N2O3/c1-18-10-4-5-11(12(8-10)19-2)13(17)16-9-14(15)6-3-7-14/h4-5,8H,3,6-7,9,15H2,1-2H3,(H,16,17). The molecule has 2 rings (SSSR count). The van der Waals surface area contributed by atoms with Crippen molar-refractivity contribution >= 4 is 5.91 Å². The zero-order chi connectivity index (χ0) is 13.9. The summed E-state index contributed by atoms with van der Waals surface area (Å²) in [7, 11) is 3.10. The van der Waals surface area contributed by atoms with Gasteiger partial charge in [0, 0.05) is 18.2 Å². The molecule has 1 aromatic rings. The first-order valence-corrected chi connectivity index (χ1v) is 6.37. The average Bonchev–Trinajstić information content (AvgIpc) is 2.41. The molecule has 5 heteroatoms. The minimum atomic E-state index is -0.227. The van der Waals surface area contributed by atoms with E-state index in [1.165, 1.54) is 7.11 Å². The van der Waals surface area contributed by atoms with E-state index in [0.29, 0.717) is 23.6 Å². The van der Waals surface area contributed by atoms with Crippen molar-refractivity contribution < 1.29 is 14.3 Å². The van der Waals surface area contributed by atoms with Gasteiger partial charge in [0.15, 0.2) is 0 Å². The Bertz CT molecular complexity index is 470. The Kier molecular flexibility index (Phi) is 3.95. The number of amides is 1. The molecule has 1 saturated carbocycles. The van der Waals surface area contributed by atoms with Crippen molar-refractivity contribution in [3.8, 4) is 11.5 Å². The van der Waals surface area contributed by atoms with Crippen LogP contribution in [0.3, 0.4) is 0 Å². The summed E-state index contributed by atoms with van der Waals surface area (Å²) in [5, 5.41) is 2.87. The third-order valence-corrected chi connectivity index (χ3v) is 3.60. The van der Waals surface area contributed by atoms with Gasteiger partial charge in [-0.25, -0.2) is 0 Å². The molecule has 1 amide bonds. The Hall–Kier alpha value is -1.75. The summed E-state index contributed by atoms with van der Waals surface area (Å²) in [6, 6.07) is 5.12. The average molecular weight is 264 g/mol. The molecule has 1 fully saturated rings. The van der Waals surface area contributed by atoms with Gasteiger partial charge in [0.2, 0.25) is 0 Å². The highest BCUT2D eigenvalue weighted by atomic mass is 16.5. The molecule has 1 aromatic carbocycles. The number of hydrogen-bond acceptors (Lipinski definition) is 4. The van der Waals surface area contributed by atoms with Crippen LogP contribution in [0.15, 0.2) is 18.2 Å². The quantitative estimate of drug-likeness (QED) is 0.841. The first-order chi connectivity index (χ1) is 9.08. The summed E-state index contributed by atoms with van der Waals surface area (Å²) in [6.45, 7) is 0.501. The molecule has 0 bridgehead atoms. The zero-order valence-electron chi connectivity index (χ0n) is 11.4. The normalized spacial score (nSPS) is 16.4. The van der Waals surface area contributed by atoms with Crippen molar-refractivity contribution in [3.05, 3.63) is 23.8 Å². The number of carbonyl (C=O) groups is 1. The molecule has 5 nitrogen and oxygen atoms in total. The highest BCUT2D eigenvalue weighted by Crippen LogP contribution is 2.29. The van der Waals surface area contributed by atoms with Crippen LogP contribution in [0.2, 0.25) is 0 Å². The van der Waals surface area contributed by atoms with Crippen molar-refractivity contribution in [2.75, 3.05) is 20.8 Å². The van der Waals surface area contributed by atoms with Gasteiger partial charge >= 0.3 is 0 Å². The van der Waals surface area contributed by atoms with Crippen LogP contribution in [0.25, 0.3) is 0 Å². The second-order valence-electron chi connectivity index (χ2n) is 4.96. The first kappa shape index (κ1) is 13.7. The Morgan fingerprint density at radius 2 is 2.11 bits per heavy atom. The van der Waals surface area contributed by atoms with Gasteiger partial charge in [0.1, 0.15) is 11.5 Å². The maximum Gasteiger partial charge on any atom is 0.255 e. The van der Waals surface area contributed by atoms with Crippen molar-refractivity contribution in [1.29, 1.82) is 0 Å². The fourth-order valence-electron chi connectivity index (χ4n) is 2.15. The fourth-order valence-corrected chi connectivity index (χ4v) is 2.15. The Balaban J connectivity index is 2.05. The van der Waals surface area contributed by atoms with Crippen LogP contribution < -0.4 is 20.5 Å². The van der Waals surface area contributed by atoms with E-state index in [9.17, 15) is 4.79 Å². The molecule has 0 aliphatic heterocycles. The molecule has 104 valence electrons. The molecule has 0 spiro atoms. The third kappa shape index (κ3) is 2.98. The molecular formula is C14H20N2O3. The topological polar surface area (TPSA) is 73.6 Å². The van der Waals surface area contributed by atoms with E-state index in [1.54, 1.807) is 25.3 Å². The second-order valence-corrected chi connectivity index (χ2v) is 4.96. The van der Waals surface area contributed by atoms with Crippen molar-refractivity contribution in [2.45, 2.75) is 24.8 Å². The van der Waals surface area contributed by atoms with Crippen molar-refractivity contribution in [1.82, 2.24) is 5.32 Å². The van der Waals surface area contributed by atoms with Crippen LogP contribution in [0.5, 0.6) is 11.5 Å². The number of carbonyl (C=O) groups excluding carboxylic acids is 1. The summed E-state index contributed by atoms with van der Waals surface area (Å²) in [4.78, 5) is 12.1. The van der Waals surface area contributed by atoms with Crippen LogP contribution >= 0.6 is 0 Å². The molecule has 0 unspecified atom stereocenters. The highest BCUT2D eigenvalue weighted by molar-refractivity contribution is 5.97. The summed E-state index contributed by atoms with van der Waals surface area (Å²) >= 11 is 0. The van der Waals surface area contributed by atoms with Gasteiger partial charge in [-0.15, -0.1) is 0 Å². The van der Waals surface area contributed by atoms with Gasteiger partial charge in [-0.3, -0.25) is 4.79 Å².